The minimum atomic E-state index is -1.75. The van der Waals surface area contributed by atoms with Gasteiger partial charge in [-0.2, -0.15) is 0 Å². The normalized spacial score (nSPS) is 11.7. The molecule has 2 atom stereocenters. The lowest BCUT2D eigenvalue weighted by atomic mass is 10.0. The van der Waals surface area contributed by atoms with Gasteiger partial charge < -0.3 is 41.3 Å². The Kier molecular flexibility index (Phi) is 33.8. The molecule has 2 N–H and O–H groups in total. The van der Waals surface area contributed by atoms with Crippen molar-refractivity contribution in [3.63, 3.8) is 0 Å². The molecule has 2 rings (SSSR count). The maximum absolute atomic E-state index is 8.25. The van der Waals surface area contributed by atoms with E-state index in [2.05, 4.69) is 96.5 Å². The van der Waals surface area contributed by atoms with Gasteiger partial charge in [0.25, 0.3) is 0 Å². The van der Waals surface area contributed by atoms with Crippen LogP contribution in [0.2, 0.25) is 0 Å². The average Bonchev–Trinajstić information content (AvgIpc) is 3.14. The SMILES string of the molecule is CCCCCC(CC)Nc1cc[n+](CCCCCCCCCCCCCCCC[n+]2ccc(NC(CC)CCCCC)cc2)cc1.O=[N+]([O-])[O-].O=[N+]([O-])[O-]. The zero-order valence-corrected chi connectivity index (χ0v) is 34.4. The Hall–Kier alpha value is -3.70. The van der Waals surface area contributed by atoms with Crippen molar-refractivity contribution in [2.45, 2.75) is 207 Å². The van der Waals surface area contributed by atoms with Gasteiger partial charge in [-0.1, -0.05) is 130 Å². The molecule has 2 aromatic heterocycles. The van der Waals surface area contributed by atoms with Crippen LogP contribution in [0.3, 0.4) is 0 Å². The molecule has 0 saturated carbocycles. The second kappa shape index (κ2) is 36.3. The molecule has 12 nitrogen and oxygen atoms in total. The predicted molar refractivity (Wildman–Crippen MR) is 222 cm³/mol. The highest BCUT2D eigenvalue weighted by Gasteiger charge is 2.09. The summed E-state index contributed by atoms with van der Waals surface area (Å²) in [6.45, 7) is 11.5. The van der Waals surface area contributed by atoms with Crippen molar-refractivity contribution < 1.29 is 19.3 Å². The van der Waals surface area contributed by atoms with Crippen LogP contribution in [0, 0.1) is 30.6 Å². The molecule has 0 aromatic carbocycles. The molecular formula is C42H76N6O6. The Labute approximate surface area is 327 Å². The van der Waals surface area contributed by atoms with E-state index in [9.17, 15) is 0 Å². The number of hydrogen-bond donors (Lipinski definition) is 2. The van der Waals surface area contributed by atoms with Gasteiger partial charge in [-0.25, -0.2) is 9.13 Å². The summed E-state index contributed by atoms with van der Waals surface area (Å²) in [6.07, 6.45) is 41.5. The van der Waals surface area contributed by atoms with Gasteiger partial charge in [0.1, 0.15) is 13.1 Å². The molecule has 0 amide bonds. The summed E-state index contributed by atoms with van der Waals surface area (Å²) in [5.74, 6) is 0. The van der Waals surface area contributed by atoms with Gasteiger partial charge in [0.05, 0.1) is 10.2 Å². The molecule has 0 saturated heterocycles. The van der Waals surface area contributed by atoms with Crippen LogP contribution in [0.15, 0.2) is 49.1 Å². The Morgan fingerprint density at radius 3 is 0.963 bits per heavy atom. The average molecular weight is 761 g/mol. The minimum absolute atomic E-state index is 0.610. The lowest BCUT2D eigenvalue weighted by Gasteiger charge is -2.17. The summed E-state index contributed by atoms with van der Waals surface area (Å²) in [5.41, 5.74) is 2.55. The smallest absolute Gasteiger partial charge is 0.170 e. The van der Waals surface area contributed by atoms with Crippen LogP contribution in [0.5, 0.6) is 0 Å². The van der Waals surface area contributed by atoms with Crippen LogP contribution in [0.25, 0.3) is 0 Å². The topological polar surface area (TPSA) is 164 Å². The van der Waals surface area contributed by atoms with E-state index in [4.69, 9.17) is 30.6 Å². The van der Waals surface area contributed by atoms with Gasteiger partial charge in [0.2, 0.25) is 0 Å². The number of rotatable bonds is 31. The lowest BCUT2D eigenvalue weighted by molar-refractivity contribution is -0.697. The number of pyridine rings is 2. The summed E-state index contributed by atoms with van der Waals surface area (Å²) < 4.78 is 4.72. The fourth-order valence-electron chi connectivity index (χ4n) is 6.62. The second-order valence-electron chi connectivity index (χ2n) is 14.5. The molecule has 0 aliphatic carbocycles. The van der Waals surface area contributed by atoms with Crippen LogP contribution >= 0.6 is 0 Å². The van der Waals surface area contributed by atoms with E-state index >= 15 is 0 Å². The van der Waals surface area contributed by atoms with E-state index in [1.165, 1.54) is 165 Å². The van der Waals surface area contributed by atoms with Crippen LogP contribution in [0.4, 0.5) is 11.4 Å². The van der Waals surface area contributed by atoms with E-state index < -0.39 is 10.2 Å². The molecule has 54 heavy (non-hydrogen) atoms. The molecule has 2 unspecified atom stereocenters. The Balaban J connectivity index is 0.00000318. The fourth-order valence-corrected chi connectivity index (χ4v) is 6.62. The fraction of sp³-hybridized carbons (Fsp3) is 0.762. The Bertz CT molecular complexity index is 1040. The van der Waals surface area contributed by atoms with Gasteiger partial charge in [0.15, 0.2) is 24.8 Å². The monoisotopic (exact) mass is 761 g/mol. The standard InChI is InChI=1S/C42H74N4.2NO3/c1-5-9-23-27-39(7-3)43-41-29-35-45(36-30-41)33-25-21-19-17-15-13-11-12-14-16-18-20-22-26-34-46-37-31-42(32-38-46)44-40(8-4)28-24-10-6-2;2*2-1(3)4/h29-32,35-40H,5-28,33-34H2,1-4H3;;/q;2*-1/p+2. The van der Waals surface area contributed by atoms with E-state index in [0.717, 1.165) is 13.1 Å². The van der Waals surface area contributed by atoms with Gasteiger partial charge in [-0.05, 0) is 38.5 Å². The molecule has 2 aromatic rings. The van der Waals surface area contributed by atoms with Gasteiger partial charge in [0, 0.05) is 60.6 Å². The lowest BCUT2D eigenvalue weighted by Crippen LogP contribution is -2.32. The number of aryl methyl sites for hydroxylation is 2. The van der Waals surface area contributed by atoms with Crippen LogP contribution in [0.1, 0.15) is 182 Å². The summed E-state index contributed by atoms with van der Waals surface area (Å²) in [5, 5.41) is 37.0. The summed E-state index contributed by atoms with van der Waals surface area (Å²) >= 11 is 0. The van der Waals surface area contributed by atoms with Gasteiger partial charge >= 0.3 is 0 Å². The molecule has 310 valence electrons. The first-order valence-corrected chi connectivity index (χ1v) is 21.3. The van der Waals surface area contributed by atoms with Crippen molar-refractivity contribution >= 4 is 11.4 Å². The predicted octanol–water partition coefficient (Wildman–Crippen LogP) is 11.5. The maximum Gasteiger partial charge on any atom is 0.170 e. The molecule has 0 spiro atoms. The first-order valence-electron chi connectivity index (χ1n) is 21.3. The van der Waals surface area contributed by atoms with E-state index in [1.807, 2.05) is 0 Å². The highest BCUT2D eigenvalue weighted by atomic mass is 16.9. The van der Waals surface area contributed by atoms with Gasteiger partial charge in [-0.15, -0.1) is 0 Å². The van der Waals surface area contributed by atoms with Crippen LogP contribution in [-0.2, 0) is 13.1 Å². The number of unbranched alkanes of at least 4 members (excludes halogenated alkanes) is 17. The number of nitrogens with zero attached hydrogens (tertiary/aromatic N) is 4. The molecule has 0 bridgehead atoms. The number of hydrogen-bond acceptors (Lipinski definition) is 8. The first kappa shape index (κ1) is 50.3. The van der Waals surface area contributed by atoms with Crippen molar-refractivity contribution in [2.24, 2.45) is 0 Å². The first-order chi connectivity index (χ1) is 26.1. The highest BCUT2D eigenvalue weighted by molar-refractivity contribution is 5.41. The molecular weight excluding hydrogens is 684 g/mol. The van der Waals surface area contributed by atoms with Gasteiger partial charge in [-0.3, -0.25) is 0 Å². The second-order valence-corrected chi connectivity index (χ2v) is 14.5. The molecule has 0 fully saturated rings. The van der Waals surface area contributed by atoms with E-state index in [-0.39, 0.29) is 0 Å². The molecule has 12 heteroatoms. The van der Waals surface area contributed by atoms with E-state index in [0.29, 0.717) is 12.1 Å². The zero-order valence-electron chi connectivity index (χ0n) is 34.4. The number of aromatic nitrogens is 2. The Morgan fingerprint density at radius 2 is 0.722 bits per heavy atom. The quantitative estimate of drug-likeness (QED) is 0.0332. The molecule has 0 radical (unpaired) electrons. The third-order valence-corrected chi connectivity index (χ3v) is 9.90. The third kappa shape index (κ3) is 32.9. The highest BCUT2D eigenvalue weighted by Crippen LogP contribution is 2.16. The van der Waals surface area contributed by atoms with Crippen molar-refractivity contribution in [3.05, 3.63) is 79.7 Å². The van der Waals surface area contributed by atoms with E-state index in [1.54, 1.807) is 0 Å². The zero-order chi connectivity index (χ0) is 40.1. The minimum Gasteiger partial charge on any atom is -0.382 e. The Morgan fingerprint density at radius 1 is 0.463 bits per heavy atom. The van der Waals surface area contributed by atoms with Crippen molar-refractivity contribution in [2.75, 3.05) is 10.6 Å². The maximum atomic E-state index is 8.25. The van der Waals surface area contributed by atoms with Crippen molar-refractivity contribution in [3.8, 4) is 0 Å². The van der Waals surface area contributed by atoms with Crippen molar-refractivity contribution in [1.29, 1.82) is 0 Å². The molecule has 0 aliphatic rings. The summed E-state index contributed by atoms with van der Waals surface area (Å²) in [7, 11) is 0. The van der Waals surface area contributed by atoms with Crippen LogP contribution in [-0.4, -0.2) is 22.3 Å². The van der Waals surface area contributed by atoms with Crippen LogP contribution < -0.4 is 19.8 Å². The number of anilines is 2. The largest absolute Gasteiger partial charge is 0.382 e. The third-order valence-electron chi connectivity index (χ3n) is 9.90. The molecule has 0 aliphatic heterocycles. The van der Waals surface area contributed by atoms with Crippen molar-refractivity contribution in [1.82, 2.24) is 0 Å². The number of nitrogens with one attached hydrogen (secondary N) is 2. The summed E-state index contributed by atoms with van der Waals surface area (Å²) in [4.78, 5) is 16.5. The summed E-state index contributed by atoms with van der Waals surface area (Å²) in [6, 6.07) is 10.3. The molecule has 2 heterocycles.